The number of amides is 2. The Morgan fingerprint density at radius 3 is 2.52 bits per heavy atom. The van der Waals surface area contributed by atoms with E-state index in [-0.39, 0.29) is 27.0 Å². The van der Waals surface area contributed by atoms with E-state index in [1.54, 1.807) is 30.6 Å². The average Bonchev–Trinajstić information content (AvgIpc) is 2.48. The SMILES string of the molecule is C[C@@H]1CN(C(=O)c2cc(F)c(Br)cc2Cl)CCN1C(=O)OC(C)(C)C. The van der Waals surface area contributed by atoms with Gasteiger partial charge in [0.1, 0.15) is 11.4 Å². The lowest BCUT2D eigenvalue weighted by molar-refractivity contribution is 0.00198. The molecule has 25 heavy (non-hydrogen) atoms. The molecule has 0 bridgehead atoms. The van der Waals surface area contributed by atoms with Crippen LogP contribution < -0.4 is 0 Å². The Morgan fingerprint density at radius 2 is 1.96 bits per heavy atom. The molecule has 0 aliphatic carbocycles. The van der Waals surface area contributed by atoms with Crippen LogP contribution in [0.5, 0.6) is 0 Å². The van der Waals surface area contributed by atoms with Crippen LogP contribution >= 0.6 is 27.5 Å². The van der Waals surface area contributed by atoms with Gasteiger partial charge in [0, 0.05) is 25.7 Å². The van der Waals surface area contributed by atoms with E-state index in [9.17, 15) is 14.0 Å². The van der Waals surface area contributed by atoms with Crippen molar-refractivity contribution >= 4 is 39.5 Å². The Bertz CT molecular complexity index is 693. The molecule has 2 amide bonds. The Morgan fingerprint density at radius 1 is 1.32 bits per heavy atom. The Hall–Kier alpha value is -1.34. The Kier molecular flexibility index (Phi) is 5.99. The van der Waals surface area contributed by atoms with E-state index >= 15 is 0 Å². The van der Waals surface area contributed by atoms with Crippen molar-refractivity contribution in [1.29, 1.82) is 0 Å². The average molecular weight is 436 g/mol. The van der Waals surface area contributed by atoms with Gasteiger partial charge < -0.3 is 14.5 Å². The molecule has 1 aromatic carbocycles. The number of hydrogen-bond acceptors (Lipinski definition) is 3. The maximum atomic E-state index is 13.7. The maximum Gasteiger partial charge on any atom is 0.410 e. The highest BCUT2D eigenvalue weighted by Crippen LogP contribution is 2.26. The van der Waals surface area contributed by atoms with Gasteiger partial charge in [0.25, 0.3) is 5.91 Å². The fraction of sp³-hybridized carbons (Fsp3) is 0.529. The standard InChI is InChI=1S/C17H21BrClFN2O3/c1-10-9-21(5-6-22(10)16(24)25-17(2,3)4)15(23)11-7-14(20)12(18)8-13(11)19/h7-8,10H,5-6,9H2,1-4H3/t10-/m1/s1. The molecule has 0 aromatic heterocycles. The Labute approximate surface area is 160 Å². The number of benzene rings is 1. The number of nitrogens with zero attached hydrogens (tertiary/aromatic N) is 2. The van der Waals surface area contributed by atoms with E-state index in [0.29, 0.717) is 19.6 Å². The molecule has 2 rings (SSSR count). The highest BCUT2D eigenvalue weighted by atomic mass is 79.9. The third-order valence-corrected chi connectivity index (χ3v) is 4.70. The second-order valence-corrected chi connectivity index (χ2v) is 8.28. The molecule has 1 atom stereocenters. The van der Waals surface area contributed by atoms with Crippen molar-refractivity contribution in [1.82, 2.24) is 9.80 Å². The van der Waals surface area contributed by atoms with Gasteiger partial charge in [-0.1, -0.05) is 11.6 Å². The van der Waals surface area contributed by atoms with Crippen molar-refractivity contribution in [2.45, 2.75) is 39.3 Å². The predicted octanol–water partition coefficient (Wildman–Crippen LogP) is 4.32. The van der Waals surface area contributed by atoms with Gasteiger partial charge in [0.15, 0.2) is 0 Å². The molecule has 8 heteroatoms. The molecular formula is C17H21BrClFN2O3. The zero-order valence-corrected chi connectivity index (χ0v) is 16.9. The highest BCUT2D eigenvalue weighted by molar-refractivity contribution is 9.10. The highest BCUT2D eigenvalue weighted by Gasteiger charge is 2.33. The van der Waals surface area contributed by atoms with Gasteiger partial charge in [-0.2, -0.15) is 0 Å². The molecule has 138 valence electrons. The van der Waals surface area contributed by atoms with Crippen molar-refractivity contribution in [2.24, 2.45) is 0 Å². The minimum absolute atomic E-state index is 0.111. The minimum Gasteiger partial charge on any atom is -0.444 e. The summed E-state index contributed by atoms with van der Waals surface area (Å²) in [6, 6.07) is 2.27. The second kappa shape index (κ2) is 7.50. The Balaban J connectivity index is 2.09. The molecule has 1 aromatic rings. The number of piperazine rings is 1. The van der Waals surface area contributed by atoms with E-state index in [1.165, 1.54) is 6.07 Å². The van der Waals surface area contributed by atoms with Crippen LogP contribution in [0.3, 0.4) is 0 Å². The summed E-state index contributed by atoms with van der Waals surface area (Å²) in [7, 11) is 0. The summed E-state index contributed by atoms with van der Waals surface area (Å²) < 4.78 is 19.3. The molecule has 5 nitrogen and oxygen atoms in total. The molecule has 1 aliphatic rings. The first-order valence-electron chi connectivity index (χ1n) is 7.93. The molecule has 1 fully saturated rings. The monoisotopic (exact) mass is 434 g/mol. The lowest BCUT2D eigenvalue weighted by Crippen LogP contribution is -2.56. The van der Waals surface area contributed by atoms with Crippen molar-refractivity contribution < 1.29 is 18.7 Å². The topological polar surface area (TPSA) is 49.9 Å². The maximum absolute atomic E-state index is 13.7. The summed E-state index contributed by atoms with van der Waals surface area (Å²) in [5.41, 5.74) is -0.466. The summed E-state index contributed by atoms with van der Waals surface area (Å²) in [5, 5.41) is 0.181. The van der Waals surface area contributed by atoms with E-state index in [4.69, 9.17) is 16.3 Å². The molecule has 0 saturated carbocycles. The van der Waals surface area contributed by atoms with E-state index < -0.39 is 17.5 Å². The lowest BCUT2D eigenvalue weighted by Gasteiger charge is -2.40. The van der Waals surface area contributed by atoms with Gasteiger partial charge in [-0.3, -0.25) is 4.79 Å². The van der Waals surface area contributed by atoms with Crippen LogP contribution in [0.1, 0.15) is 38.1 Å². The number of hydrogen-bond donors (Lipinski definition) is 0. The summed E-state index contributed by atoms with van der Waals surface area (Å²) in [4.78, 5) is 28.1. The van der Waals surface area contributed by atoms with E-state index in [2.05, 4.69) is 15.9 Å². The quantitative estimate of drug-likeness (QED) is 0.617. The lowest BCUT2D eigenvalue weighted by atomic mass is 10.1. The van der Waals surface area contributed by atoms with Crippen LogP contribution in [0.25, 0.3) is 0 Å². The van der Waals surface area contributed by atoms with Crippen LogP contribution in [0.4, 0.5) is 9.18 Å². The third-order valence-electron chi connectivity index (χ3n) is 3.78. The summed E-state index contributed by atoms with van der Waals surface area (Å²) in [6.45, 7) is 8.26. The van der Waals surface area contributed by atoms with Crippen LogP contribution in [0.2, 0.25) is 5.02 Å². The minimum atomic E-state index is -0.577. The third kappa shape index (κ3) is 4.85. The molecule has 0 unspecified atom stereocenters. The molecule has 1 heterocycles. The van der Waals surface area contributed by atoms with Crippen LogP contribution in [0, 0.1) is 5.82 Å². The summed E-state index contributed by atoms with van der Waals surface area (Å²) >= 11 is 9.12. The zero-order chi connectivity index (χ0) is 18.9. The van der Waals surface area contributed by atoms with Crippen molar-refractivity contribution in [3.8, 4) is 0 Å². The van der Waals surface area contributed by atoms with E-state index in [1.807, 2.05) is 6.92 Å². The van der Waals surface area contributed by atoms with Crippen molar-refractivity contribution in [3.05, 3.63) is 33.0 Å². The normalized spacial score (nSPS) is 18.3. The first-order chi connectivity index (χ1) is 11.5. The number of ether oxygens (including phenoxy) is 1. The van der Waals surface area contributed by atoms with Crippen molar-refractivity contribution in [3.63, 3.8) is 0 Å². The van der Waals surface area contributed by atoms with Gasteiger partial charge in [0.05, 0.1) is 15.1 Å². The molecule has 0 N–H and O–H groups in total. The molecular weight excluding hydrogens is 415 g/mol. The number of carbonyl (C=O) groups is 2. The van der Waals surface area contributed by atoms with Crippen molar-refractivity contribution in [2.75, 3.05) is 19.6 Å². The number of halogens is 3. The molecule has 1 aliphatic heterocycles. The first-order valence-corrected chi connectivity index (χ1v) is 9.10. The van der Waals surface area contributed by atoms with Crippen LogP contribution in [0.15, 0.2) is 16.6 Å². The number of rotatable bonds is 1. The summed E-state index contributed by atoms with van der Waals surface area (Å²) in [5.74, 6) is -0.903. The summed E-state index contributed by atoms with van der Waals surface area (Å²) in [6.07, 6.45) is -0.403. The largest absolute Gasteiger partial charge is 0.444 e. The van der Waals surface area contributed by atoms with Crippen LogP contribution in [-0.2, 0) is 4.74 Å². The van der Waals surface area contributed by atoms with Gasteiger partial charge >= 0.3 is 6.09 Å². The fourth-order valence-electron chi connectivity index (χ4n) is 2.59. The predicted molar refractivity (Wildman–Crippen MR) is 97.4 cm³/mol. The smallest absolute Gasteiger partial charge is 0.410 e. The molecule has 0 radical (unpaired) electrons. The van der Waals surface area contributed by atoms with E-state index in [0.717, 1.165) is 6.07 Å². The molecule has 1 saturated heterocycles. The number of carbonyl (C=O) groups excluding carboxylic acids is 2. The van der Waals surface area contributed by atoms with Gasteiger partial charge in [-0.15, -0.1) is 0 Å². The fourth-order valence-corrected chi connectivity index (χ4v) is 3.31. The van der Waals surface area contributed by atoms with Gasteiger partial charge in [-0.05, 0) is 55.8 Å². The van der Waals surface area contributed by atoms with Crippen LogP contribution in [-0.4, -0.2) is 53.1 Å². The second-order valence-electron chi connectivity index (χ2n) is 7.02. The van der Waals surface area contributed by atoms with Gasteiger partial charge in [0.2, 0.25) is 0 Å². The van der Waals surface area contributed by atoms with Gasteiger partial charge in [-0.25, -0.2) is 9.18 Å². The zero-order valence-electron chi connectivity index (χ0n) is 14.6. The first kappa shape index (κ1) is 20.0. The molecule has 0 spiro atoms.